The summed E-state index contributed by atoms with van der Waals surface area (Å²) in [4.78, 5) is 4.43. The quantitative estimate of drug-likeness (QED) is 0.634. The Labute approximate surface area is 156 Å². The van der Waals surface area contributed by atoms with Crippen LogP contribution in [-0.2, 0) is 6.18 Å². The van der Waals surface area contributed by atoms with Crippen LogP contribution in [0.1, 0.15) is 36.8 Å². The molecule has 8 heteroatoms. The lowest BCUT2D eigenvalue weighted by molar-refractivity contribution is -0.139. The van der Waals surface area contributed by atoms with Crippen LogP contribution in [-0.4, -0.2) is 43.3 Å². The van der Waals surface area contributed by atoms with E-state index in [1.165, 1.54) is 6.07 Å². The van der Waals surface area contributed by atoms with Gasteiger partial charge in [0.2, 0.25) is 0 Å². The van der Waals surface area contributed by atoms with E-state index in [0.717, 1.165) is 31.3 Å². The number of alkyl halides is 3. The number of nitrogens with zero attached hydrogens (tertiary/aromatic N) is 1. The highest BCUT2D eigenvalue weighted by molar-refractivity contribution is 5.96. The zero-order valence-electron chi connectivity index (χ0n) is 15.0. The zero-order valence-corrected chi connectivity index (χ0v) is 15.0. The van der Waals surface area contributed by atoms with Gasteiger partial charge in [0, 0.05) is 12.3 Å². The summed E-state index contributed by atoms with van der Waals surface area (Å²) in [5, 5.41) is 15.3. The van der Waals surface area contributed by atoms with Gasteiger partial charge in [-0.05, 0) is 62.1 Å². The summed E-state index contributed by atoms with van der Waals surface area (Å²) in [5.74, 6) is 0.592. The van der Waals surface area contributed by atoms with E-state index in [2.05, 4.69) is 15.6 Å². The van der Waals surface area contributed by atoms with Crippen molar-refractivity contribution in [2.75, 3.05) is 26.3 Å². The van der Waals surface area contributed by atoms with Crippen molar-refractivity contribution in [1.29, 1.82) is 0 Å². The van der Waals surface area contributed by atoms with Crippen LogP contribution in [0.25, 0.3) is 5.70 Å². The van der Waals surface area contributed by atoms with Crippen molar-refractivity contribution in [3.05, 3.63) is 35.4 Å². The molecule has 0 radical (unpaired) electrons. The first kappa shape index (κ1) is 19.7. The molecule has 0 bridgehead atoms. The fourth-order valence-electron chi connectivity index (χ4n) is 3.21. The van der Waals surface area contributed by atoms with E-state index in [1.807, 2.05) is 0 Å². The van der Waals surface area contributed by atoms with E-state index >= 15 is 0 Å². The van der Waals surface area contributed by atoms with Gasteiger partial charge in [-0.15, -0.1) is 0 Å². The standard InChI is InChI=1S/C19H24F3N3O2/c20-19(21,22)14-12-13(5-6-17(14)27-11-2-1-10-26)15-7-9-24-18(25-15)16-4-3-8-23-16/h5-7,12,16,23,26H,1-4,8-11H2,(H,24,25). The predicted molar refractivity (Wildman–Crippen MR) is 97.7 cm³/mol. The number of hydrogen-bond acceptors (Lipinski definition) is 5. The highest BCUT2D eigenvalue weighted by atomic mass is 19.4. The summed E-state index contributed by atoms with van der Waals surface area (Å²) in [7, 11) is 0. The van der Waals surface area contributed by atoms with Gasteiger partial charge >= 0.3 is 6.18 Å². The lowest BCUT2D eigenvalue weighted by atomic mass is 10.0. The number of amidine groups is 1. The van der Waals surface area contributed by atoms with E-state index in [1.54, 1.807) is 12.1 Å². The Morgan fingerprint density at radius 2 is 2.11 bits per heavy atom. The molecule has 0 spiro atoms. The predicted octanol–water partition coefficient (Wildman–Crippen LogP) is 2.95. The van der Waals surface area contributed by atoms with Gasteiger partial charge in [-0.3, -0.25) is 4.99 Å². The molecule has 0 aromatic heterocycles. The normalized spacial score (nSPS) is 20.1. The summed E-state index contributed by atoms with van der Waals surface area (Å²) >= 11 is 0. The van der Waals surface area contributed by atoms with Crippen LogP contribution in [0, 0.1) is 0 Å². The molecule has 2 heterocycles. The van der Waals surface area contributed by atoms with E-state index in [4.69, 9.17) is 9.84 Å². The lowest BCUT2D eigenvalue weighted by Gasteiger charge is -2.23. The number of unbranched alkanes of at least 4 members (excludes halogenated alkanes) is 1. The molecule has 1 fully saturated rings. The van der Waals surface area contributed by atoms with Crippen LogP contribution >= 0.6 is 0 Å². The minimum atomic E-state index is -4.51. The van der Waals surface area contributed by atoms with E-state index in [9.17, 15) is 13.2 Å². The summed E-state index contributed by atoms with van der Waals surface area (Å²) < 4.78 is 45.8. The smallest absolute Gasteiger partial charge is 0.419 e. The van der Waals surface area contributed by atoms with Crippen molar-refractivity contribution in [3.8, 4) is 5.75 Å². The van der Waals surface area contributed by atoms with Crippen LogP contribution in [0.15, 0.2) is 29.3 Å². The molecule has 1 atom stereocenters. The molecule has 1 saturated heterocycles. The number of aliphatic hydroxyl groups excluding tert-OH is 1. The number of rotatable bonds is 7. The third-order valence-corrected chi connectivity index (χ3v) is 4.62. The number of ether oxygens (including phenoxy) is 1. The Morgan fingerprint density at radius 3 is 2.81 bits per heavy atom. The first-order chi connectivity index (χ1) is 13.0. The average molecular weight is 383 g/mol. The topological polar surface area (TPSA) is 65.9 Å². The third kappa shape index (κ3) is 5.01. The molecule has 3 N–H and O–H groups in total. The second-order valence-corrected chi connectivity index (χ2v) is 6.61. The molecule has 0 aliphatic carbocycles. The minimum Gasteiger partial charge on any atom is -0.493 e. The number of hydrogen-bond donors (Lipinski definition) is 3. The first-order valence-electron chi connectivity index (χ1n) is 9.19. The van der Waals surface area contributed by atoms with Gasteiger partial charge in [0.05, 0.1) is 24.8 Å². The van der Waals surface area contributed by atoms with Gasteiger partial charge in [-0.2, -0.15) is 13.2 Å². The molecule has 3 rings (SSSR count). The van der Waals surface area contributed by atoms with E-state index in [0.29, 0.717) is 30.6 Å². The fraction of sp³-hybridized carbons (Fsp3) is 0.526. The summed E-state index contributed by atoms with van der Waals surface area (Å²) in [6.45, 7) is 1.49. The van der Waals surface area contributed by atoms with Crippen molar-refractivity contribution in [2.24, 2.45) is 4.99 Å². The second kappa shape index (κ2) is 8.75. The maximum Gasteiger partial charge on any atom is 0.419 e. The van der Waals surface area contributed by atoms with Gasteiger partial charge in [0.1, 0.15) is 11.6 Å². The lowest BCUT2D eigenvalue weighted by Crippen LogP contribution is -2.41. The number of benzene rings is 1. The molecule has 1 unspecified atom stereocenters. The molecule has 0 amide bonds. The zero-order chi connectivity index (χ0) is 19.3. The molecule has 1 aromatic carbocycles. The molecule has 5 nitrogen and oxygen atoms in total. The average Bonchev–Trinajstić information content (AvgIpc) is 3.19. The SMILES string of the molecule is OCCCCOc1ccc(C2=CCN=C(C3CCCN3)N2)cc1C(F)(F)F. The molecule has 148 valence electrons. The molecule has 1 aromatic rings. The maximum absolute atomic E-state index is 13.5. The first-order valence-corrected chi connectivity index (χ1v) is 9.19. The van der Waals surface area contributed by atoms with E-state index < -0.39 is 11.7 Å². The van der Waals surface area contributed by atoms with Crippen LogP contribution < -0.4 is 15.4 Å². The van der Waals surface area contributed by atoms with Crippen molar-refractivity contribution in [2.45, 2.75) is 37.9 Å². The maximum atomic E-state index is 13.5. The van der Waals surface area contributed by atoms with Crippen LogP contribution in [0.3, 0.4) is 0 Å². The van der Waals surface area contributed by atoms with E-state index in [-0.39, 0.29) is 25.0 Å². The number of halogens is 3. The highest BCUT2D eigenvalue weighted by Crippen LogP contribution is 2.38. The Bertz CT molecular complexity index is 711. The highest BCUT2D eigenvalue weighted by Gasteiger charge is 2.35. The van der Waals surface area contributed by atoms with Crippen molar-refractivity contribution in [1.82, 2.24) is 10.6 Å². The van der Waals surface area contributed by atoms with Gasteiger partial charge in [-0.1, -0.05) is 0 Å². The molecule has 2 aliphatic heterocycles. The summed E-state index contributed by atoms with van der Waals surface area (Å²) in [6, 6.07) is 4.23. The molecule has 2 aliphatic rings. The van der Waals surface area contributed by atoms with Crippen molar-refractivity contribution in [3.63, 3.8) is 0 Å². The monoisotopic (exact) mass is 383 g/mol. The van der Waals surface area contributed by atoms with Gasteiger partial charge in [0.15, 0.2) is 0 Å². The Hall–Kier alpha value is -2.06. The number of aliphatic hydroxyl groups is 1. The largest absolute Gasteiger partial charge is 0.493 e. The summed E-state index contributed by atoms with van der Waals surface area (Å²) in [5.41, 5.74) is 0.288. The van der Waals surface area contributed by atoms with Gasteiger partial charge < -0.3 is 20.5 Å². The molecular formula is C19H24F3N3O2. The van der Waals surface area contributed by atoms with Crippen molar-refractivity contribution < 1.29 is 23.0 Å². The molecular weight excluding hydrogens is 359 g/mol. The second-order valence-electron chi connectivity index (χ2n) is 6.61. The third-order valence-electron chi connectivity index (χ3n) is 4.62. The molecule has 27 heavy (non-hydrogen) atoms. The Morgan fingerprint density at radius 1 is 1.26 bits per heavy atom. The Balaban J connectivity index is 1.76. The van der Waals surface area contributed by atoms with Crippen LogP contribution in [0.4, 0.5) is 13.2 Å². The minimum absolute atomic E-state index is 0.00596. The van der Waals surface area contributed by atoms with Crippen LogP contribution in [0.5, 0.6) is 5.75 Å². The molecule has 0 saturated carbocycles. The fourth-order valence-corrected chi connectivity index (χ4v) is 3.21. The number of nitrogens with one attached hydrogen (secondary N) is 2. The van der Waals surface area contributed by atoms with Gasteiger partial charge in [-0.25, -0.2) is 0 Å². The van der Waals surface area contributed by atoms with Gasteiger partial charge in [0.25, 0.3) is 0 Å². The number of aliphatic imine (C=N–C) groups is 1. The Kier molecular flexibility index (Phi) is 6.38. The van der Waals surface area contributed by atoms with Crippen molar-refractivity contribution >= 4 is 11.5 Å². The van der Waals surface area contributed by atoms with Crippen LogP contribution in [0.2, 0.25) is 0 Å². The summed E-state index contributed by atoms with van der Waals surface area (Å²) in [6.07, 6.45) is 0.291.